The van der Waals surface area contributed by atoms with E-state index in [1.807, 2.05) is 30.5 Å². The molecule has 2 aromatic carbocycles. The molecule has 5 rings (SSSR count). The summed E-state index contributed by atoms with van der Waals surface area (Å²) in [6, 6.07) is 20.6. The fourth-order valence-electron chi connectivity index (χ4n) is 4.15. The standard InChI is InChI=1S/C25H28N6OS/c1-29-14-16-30(17-15-29)22-11-9-21(10-12-22)26-25-27-24-23(4-3-13-31(24)28-25)20-7-5-19(6-8-20)18-33(2)32/h3-13H,14-18H2,1-2H3,(H,26,28). The first-order chi connectivity index (χ1) is 16.0. The Kier molecular flexibility index (Phi) is 6.11. The summed E-state index contributed by atoms with van der Waals surface area (Å²) in [5.41, 5.74) is 6.13. The van der Waals surface area contributed by atoms with Crippen molar-refractivity contribution >= 4 is 33.8 Å². The second kappa shape index (κ2) is 9.33. The van der Waals surface area contributed by atoms with E-state index in [1.165, 1.54) is 5.69 Å². The highest BCUT2D eigenvalue weighted by Crippen LogP contribution is 2.26. The number of aromatic nitrogens is 3. The maximum atomic E-state index is 11.5. The van der Waals surface area contributed by atoms with Crippen LogP contribution >= 0.6 is 0 Å². The predicted octanol–water partition coefficient (Wildman–Crippen LogP) is 3.77. The van der Waals surface area contributed by atoms with Crippen molar-refractivity contribution in [3.05, 3.63) is 72.4 Å². The Bertz CT molecular complexity index is 1260. The van der Waals surface area contributed by atoms with Gasteiger partial charge in [-0.25, -0.2) is 4.52 Å². The minimum absolute atomic E-state index is 0.563. The summed E-state index contributed by atoms with van der Waals surface area (Å²) in [4.78, 5) is 9.53. The molecule has 1 N–H and O–H groups in total. The van der Waals surface area contributed by atoms with Crippen LogP contribution in [0.25, 0.3) is 16.8 Å². The first-order valence-corrected chi connectivity index (χ1v) is 12.8. The highest BCUT2D eigenvalue weighted by molar-refractivity contribution is 7.83. The number of nitrogens with zero attached hydrogens (tertiary/aromatic N) is 5. The summed E-state index contributed by atoms with van der Waals surface area (Å²) in [6.45, 7) is 4.29. The molecule has 2 aromatic heterocycles. The molecule has 0 spiro atoms. The van der Waals surface area contributed by atoms with Gasteiger partial charge in [-0.3, -0.25) is 4.21 Å². The lowest BCUT2D eigenvalue weighted by molar-refractivity contribution is 0.313. The summed E-state index contributed by atoms with van der Waals surface area (Å²) in [5.74, 6) is 1.13. The van der Waals surface area contributed by atoms with Gasteiger partial charge >= 0.3 is 0 Å². The zero-order chi connectivity index (χ0) is 22.8. The van der Waals surface area contributed by atoms with Crippen LogP contribution in [0.1, 0.15) is 5.56 Å². The van der Waals surface area contributed by atoms with Gasteiger partial charge < -0.3 is 15.1 Å². The van der Waals surface area contributed by atoms with Gasteiger partial charge in [-0.2, -0.15) is 4.98 Å². The van der Waals surface area contributed by atoms with E-state index < -0.39 is 10.8 Å². The third-order valence-corrected chi connectivity index (χ3v) is 6.73. The van der Waals surface area contributed by atoms with Crippen molar-refractivity contribution in [1.82, 2.24) is 19.5 Å². The molecule has 8 heteroatoms. The van der Waals surface area contributed by atoms with E-state index in [1.54, 1.807) is 10.8 Å². The quantitative estimate of drug-likeness (QED) is 0.473. The van der Waals surface area contributed by atoms with Crippen molar-refractivity contribution in [2.24, 2.45) is 0 Å². The maximum Gasteiger partial charge on any atom is 0.247 e. The molecule has 170 valence electrons. The SMILES string of the molecule is CN1CCN(c2ccc(Nc3nc4c(-c5ccc(CS(C)=O)cc5)cccn4n3)cc2)CC1. The Hall–Kier alpha value is -3.23. The van der Waals surface area contributed by atoms with Crippen molar-refractivity contribution < 1.29 is 4.21 Å². The molecule has 0 bridgehead atoms. The third kappa shape index (κ3) is 4.91. The lowest BCUT2D eigenvalue weighted by Crippen LogP contribution is -2.44. The Balaban J connectivity index is 1.34. The molecule has 1 saturated heterocycles. The maximum absolute atomic E-state index is 11.5. The fourth-order valence-corrected chi connectivity index (χ4v) is 4.81. The molecular formula is C25H28N6OS. The molecule has 4 aromatic rings. The van der Waals surface area contributed by atoms with Gasteiger partial charge in [0.25, 0.3) is 0 Å². The summed E-state index contributed by atoms with van der Waals surface area (Å²) >= 11 is 0. The number of likely N-dealkylation sites (N-methyl/N-ethyl adjacent to an activating group) is 1. The van der Waals surface area contributed by atoms with Gasteiger partial charge in [0, 0.05) is 72.1 Å². The zero-order valence-corrected chi connectivity index (χ0v) is 19.8. The molecule has 1 aliphatic heterocycles. The van der Waals surface area contributed by atoms with Crippen LogP contribution in [-0.4, -0.2) is 63.2 Å². The Morgan fingerprint density at radius 3 is 2.39 bits per heavy atom. The number of fused-ring (bicyclic) bond motifs is 1. The van der Waals surface area contributed by atoms with Crippen LogP contribution in [-0.2, 0) is 16.6 Å². The predicted molar refractivity (Wildman–Crippen MR) is 136 cm³/mol. The lowest BCUT2D eigenvalue weighted by Gasteiger charge is -2.34. The number of piperazine rings is 1. The van der Waals surface area contributed by atoms with E-state index in [4.69, 9.17) is 4.98 Å². The van der Waals surface area contributed by atoms with Crippen molar-refractivity contribution in [2.45, 2.75) is 5.75 Å². The van der Waals surface area contributed by atoms with Crippen LogP contribution in [0.2, 0.25) is 0 Å². The number of benzene rings is 2. The molecule has 33 heavy (non-hydrogen) atoms. The molecule has 1 aliphatic rings. The van der Waals surface area contributed by atoms with Crippen LogP contribution in [0.15, 0.2) is 66.9 Å². The molecule has 0 aliphatic carbocycles. The minimum atomic E-state index is -0.850. The molecule has 3 heterocycles. The number of hydrogen-bond acceptors (Lipinski definition) is 6. The lowest BCUT2D eigenvalue weighted by atomic mass is 10.1. The van der Waals surface area contributed by atoms with Crippen LogP contribution in [0.5, 0.6) is 0 Å². The van der Waals surface area contributed by atoms with Crippen molar-refractivity contribution in [3.8, 4) is 11.1 Å². The first kappa shape index (κ1) is 21.6. The van der Waals surface area contributed by atoms with E-state index in [0.717, 1.165) is 54.2 Å². The van der Waals surface area contributed by atoms with E-state index in [0.29, 0.717) is 11.7 Å². The summed E-state index contributed by atoms with van der Waals surface area (Å²) in [5, 5.41) is 7.95. The van der Waals surface area contributed by atoms with Gasteiger partial charge in [0.2, 0.25) is 5.95 Å². The first-order valence-electron chi connectivity index (χ1n) is 11.1. The molecule has 7 nitrogen and oxygen atoms in total. The average molecular weight is 461 g/mol. The number of nitrogens with one attached hydrogen (secondary N) is 1. The van der Waals surface area contributed by atoms with E-state index in [2.05, 4.69) is 63.7 Å². The molecule has 0 saturated carbocycles. The van der Waals surface area contributed by atoms with Gasteiger partial charge in [0.15, 0.2) is 5.65 Å². The monoisotopic (exact) mass is 460 g/mol. The smallest absolute Gasteiger partial charge is 0.247 e. The summed E-state index contributed by atoms with van der Waals surface area (Å²) < 4.78 is 13.3. The second-order valence-electron chi connectivity index (χ2n) is 8.50. The Morgan fingerprint density at radius 1 is 0.970 bits per heavy atom. The van der Waals surface area contributed by atoms with E-state index >= 15 is 0 Å². The molecule has 1 fully saturated rings. The third-order valence-electron chi connectivity index (χ3n) is 5.99. The van der Waals surface area contributed by atoms with Crippen LogP contribution < -0.4 is 10.2 Å². The van der Waals surface area contributed by atoms with Gasteiger partial charge in [0.1, 0.15) is 0 Å². The molecule has 1 atom stereocenters. The topological polar surface area (TPSA) is 65.8 Å². The normalized spacial score (nSPS) is 15.6. The number of rotatable bonds is 6. The van der Waals surface area contributed by atoms with Crippen molar-refractivity contribution in [3.63, 3.8) is 0 Å². The average Bonchev–Trinajstić information content (AvgIpc) is 3.23. The largest absolute Gasteiger partial charge is 0.369 e. The van der Waals surface area contributed by atoms with Crippen LogP contribution in [0.4, 0.5) is 17.3 Å². The summed E-state index contributed by atoms with van der Waals surface area (Å²) in [7, 11) is 1.32. The molecule has 0 amide bonds. The number of hydrogen-bond donors (Lipinski definition) is 1. The van der Waals surface area contributed by atoms with E-state index in [-0.39, 0.29) is 0 Å². The van der Waals surface area contributed by atoms with Crippen molar-refractivity contribution in [1.29, 1.82) is 0 Å². The zero-order valence-electron chi connectivity index (χ0n) is 18.9. The highest BCUT2D eigenvalue weighted by atomic mass is 32.2. The molecular weight excluding hydrogens is 432 g/mol. The minimum Gasteiger partial charge on any atom is -0.369 e. The summed E-state index contributed by atoms with van der Waals surface area (Å²) in [6.07, 6.45) is 3.63. The Labute approximate surface area is 196 Å². The number of pyridine rings is 1. The van der Waals surface area contributed by atoms with Gasteiger partial charge in [-0.15, -0.1) is 5.10 Å². The second-order valence-corrected chi connectivity index (χ2v) is 9.94. The van der Waals surface area contributed by atoms with Crippen molar-refractivity contribution in [2.75, 3.05) is 49.7 Å². The van der Waals surface area contributed by atoms with Crippen LogP contribution in [0.3, 0.4) is 0 Å². The molecule has 0 radical (unpaired) electrons. The van der Waals surface area contributed by atoms with Gasteiger partial charge in [-0.1, -0.05) is 24.3 Å². The van der Waals surface area contributed by atoms with E-state index in [9.17, 15) is 4.21 Å². The fraction of sp³-hybridized carbons (Fsp3) is 0.280. The number of anilines is 3. The van der Waals surface area contributed by atoms with Gasteiger partial charge in [0.05, 0.1) is 0 Å². The molecule has 1 unspecified atom stereocenters. The van der Waals surface area contributed by atoms with Crippen LogP contribution in [0, 0.1) is 0 Å². The van der Waals surface area contributed by atoms with Gasteiger partial charge in [-0.05, 0) is 54.6 Å². The highest BCUT2D eigenvalue weighted by Gasteiger charge is 2.14. The Morgan fingerprint density at radius 2 is 1.70 bits per heavy atom.